The average Bonchev–Trinajstić information content (AvgIpc) is 3.26. The van der Waals surface area contributed by atoms with Gasteiger partial charge in [0.05, 0.1) is 18.4 Å². The molecule has 4 aromatic rings. The molecule has 0 saturated heterocycles. The Bertz CT molecular complexity index is 1180. The van der Waals surface area contributed by atoms with Gasteiger partial charge in [0, 0.05) is 11.3 Å². The van der Waals surface area contributed by atoms with Crippen LogP contribution in [0.3, 0.4) is 0 Å². The van der Waals surface area contributed by atoms with Crippen LogP contribution >= 0.6 is 23.1 Å². The van der Waals surface area contributed by atoms with E-state index in [1.54, 1.807) is 29.8 Å². The smallest absolute Gasteiger partial charge is 0.229 e. The summed E-state index contributed by atoms with van der Waals surface area (Å²) in [5.41, 5.74) is 1.32. The van der Waals surface area contributed by atoms with Crippen molar-refractivity contribution in [3.63, 3.8) is 0 Å². The Labute approximate surface area is 195 Å². The molecule has 4 nitrogen and oxygen atoms in total. The number of methoxy groups -OCH3 is 1. The van der Waals surface area contributed by atoms with Crippen molar-refractivity contribution in [2.24, 2.45) is 0 Å². The second kappa shape index (κ2) is 10.6. The number of hydrogen-bond acceptors (Lipinski definition) is 5. The van der Waals surface area contributed by atoms with Gasteiger partial charge < -0.3 is 4.74 Å². The largest absolute Gasteiger partial charge is 0.497 e. The Morgan fingerprint density at radius 1 is 1.06 bits per heavy atom. The molecule has 1 amide bonds. The fourth-order valence-corrected chi connectivity index (χ4v) is 5.12. The summed E-state index contributed by atoms with van der Waals surface area (Å²) >= 11 is 3.05. The third-order valence-corrected chi connectivity index (χ3v) is 7.08. The summed E-state index contributed by atoms with van der Waals surface area (Å²) in [4.78, 5) is 20.4. The van der Waals surface area contributed by atoms with E-state index in [-0.39, 0.29) is 11.7 Å². The number of carbonyl (C=O) groups excluding carboxylic acids is 1. The molecule has 3 aromatic carbocycles. The number of aromatic nitrogens is 1. The number of thioether (sulfide) groups is 1. The number of amides is 1. The van der Waals surface area contributed by atoms with Crippen molar-refractivity contribution in [3.05, 3.63) is 84.2 Å². The highest BCUT2D eigenvalue weighted by Crippen LogP contribution is 2.32. The molecule has 0 saturated carbocycles. The number of anilines is 1. The summed E-state index contributed by atoms with van der Waals surface area (Å²) in [6, 6.07) is 22.6. The lowest BCUT2D eigenvalue weighted by molar-refractivity contribution is -0.118. The molecule has 1 aromatic heterocycles. The molecular weight excluding hydrogens is 443 g/mol. The summed E-state index contributed by atoms with van der Waals surface area (Å²) in [5, 5.41) is 0.529. The fourth-order valence-electron chi connectivity index (χ4n) is 3.27. The molecule has 0 spiro atoms. The third kappa shape index (κ3) is 5.47. The number of ether oxygens (including phenoxy) is 1. The molecule has 1 heterocycles. The molecule has 0 bridgehead atoms. The van der Waals surface area contributed by atoms with Crippen molar-refractivity contribution < 1.29 is 13.9 Å². The molecule has 0 unspecified atom stereocenters. The summed E-state index contributed by atoms with van der Waals surface area (Å²) < 4.78 is 20.1. The van der Waals surface area contributed by atoms with Crippen LogP contribution in [0.2, 0.25) is 0 Å². The molecule has 7 heteroatoms. The number of carbonyl (C=O) groups is 1. The molecule has 4 rings (SSSR count). The molecule has 0 atom stereocenters. The lowest BCUT2D eigenvalue weighted by atomic mass is 10.2. The minimum atomic E-state index is -0.368. The Hall–Kier alpha value is -2.90. The number of rotatable bonds is 9. The van der Waals surface area contributed by atoms with Crippen LogP contribution in [0.1, 0.15) is 18.4 Å². The summed E-state index contributed by atoms with van der Waals surface area (Å²) in [6.45, 7) is 0.409. The molecule has 0 aliphatic carbocycles. The van der Waals surface area contributed by atoms with Gasteiger partial charge in [-0.1, -0.05) is 47.7 Å². The first-order valence-electron chi connectivity index (χ1n) is 10.3. The maximum absolute atomic E-state index is 14.2. The maximum atomic E-state index is 14.2. The average molecular weight is 467 g/mol. The SMILES string of the molecule is COc1ccc(SCCCC(=O)N(Cc2ccccc2)c2nc3c(F)cccc3s2)cc1. The van der Waals surface area contributed by atoms with Crippen LogP contribution in [-0.4, -0.2) is 23.8 Å². The van der Waals surface area contributed by atoms with Crippen LogP contribution in [0.25, 0.3) is 10.2 Å². The van der Waals surface area contributed by atoms with E-state index in [1.807, 2.05) is 60.7 Å². The topological polar surface area (TPSA) is 42.4 Å². The van der Waals surface area contributed by atoms with Gasteiger partial charge >= 0.3 is 0 Å². The van der Waals surface area contributed by atoms with Gasteiger partial charge in [0.2, 0.25) is 5.91 Å². The van der Waals surface area contributed by atoms with E-state index in [2.05, 4.69) is 4.98 Å². The second-order valence-electron chi connectivity index (χ2n) is 7.18. The summed E-state index contributed by atoms with van der Waals surface area (Å²) in [7, 11) is 1.65. The maximum Gasteiger partial charge on any atom is 0.229 e. The molecule has 0 fully saturated rings. The highest BCUT2D eigenvalue weighted by Gasteiger charge is 2.21. The van der Waals surface area contributed by atoms with Crippen LogP contribution in [0, 0.1) is 5.82 Å². The quantitative estimate of drug-likeness (QED) is 0.207. The predicted octanol–water partition coefficient (Wildman–Crippen LogP) is 6.55. The van der Waals surface area contributed by atoms with E-state index in [0.29, 0.717) is 23.6 Å². The van der Waals surface area contributed by atoms with Gasteiger partial charge in [-0.15, -0.1) is 11.8 Å². The first-order chi connectivity index (χ1) is 15.6. The van der Waals surface area contributed by atoms with E-state index in [9.17, 15) is 9.18 Å². The van der Waals surface area contributed by atoms with Gasteiger partial charge in [-0.05, 0) is 54.1 Å². The molecule has 0 radical (unpaired) electrons. The zero-order valence-electron chi connectivity index (χ0n) is 17.7. The molecule has 0 aliphatic heterocycles. The van der Waals surface area contributed by atoms with Gasteiger partial charge in [0.15, 0.2) is 5.13 Å². The van der Waals surface area contributed by atoms with Gasteiger partial charge in [0.1, 0.15) is 17.1 Å². The van der Waals surface area contributed by atoms with Crippen molar-refractivity contribution in [2.45, 2.75) is 24.3 Å². The van der Waals surface area contributed by atoms with E-state index in [4.69, 9.17) is 4.74 Å². The van der Waals surface area contributed by atoms with Crippen molar-refractivity contribution in [3.8, 4) is 5.75 Å². The lowest BCUT2D eigenvalue weighted by Gasteiger charge is -2.20. The zero-order chi connectivity index (χ0) is 22.3. The summed E-state index contributed by atoms with van der Waals surface area (Å²) in [5.74, 6) is 1.27. The minimum absolute atomic E-state index is 0.0105. The van der Waals surface area contributed by atoms with Crippen molar-refractivity contribution in [1.29, 1.82) is 0 Å². The third-order valence-electron chi connectivity index (χ3n) is 4.94. The van der Waals surface area contributed by atoms with Crippen LogP contribution in [0.5, 0.6) is 5.75 Å². The van der Waals surface area contributed by atoms with Gasteiger partial charge in [0.25, 0.3) is 0 Å². The summed E-state index contributed by atoms with van der Waals surface area (Å²) in [6.07, 6.45) is 1.13. The van der Waals surface area contributed by atoms with Gasteiger partial charge in [-0.3, -0.25) is 9.69 Å². The zero-order valence-corrected chi connectivity index (χ0v) is 19.3. The van der Waals surface area contributed by atoms with Crippen LogP contribution in [0.15, 0.2) is 77.7 Å². The Balaban J connectivity index is 1.44. The Morgan fingerprint density at radius 2 is 1.84 bits per heavy atom. The van der Waals surface area contributed by atoms with Crippen LogP contribution < -0.4 is 9.64 Å². The first kappa shape index (κ1) is 22.3. The van der Waals surface area contributed by atoms with Gasteiger partial charge in [-0.2, -0.15) is 0 Å². The molecule has 164 valence electrons. The van der Waals surface area contributed by atoms with E-state index >= 15 is 0 Å². The highest BCUT2D eigenvalue weighted by molar-refractivity contribution is 7.99. The number of thiazole rings is 1. The molecular formula is C25H23FN2O2S2. The normalized spacial score (nSPS) is 10.9. The lowest BCUT2D eigenvalue weighted by Crippen LogP contribution is -2.30. The number of hydrogen-bond donors (Lipinski definition) is 0. The molecule has 32 heavy (non-hydrogen) atoms. The first-order valence-corrected chi connectivity index (χ1v) is 12.1. The number of fused-ring (bicyclic) bond motifs is 1. The molecule has 0 N–H and O–H groups in total. The number of halogens is 1. The van der Waals surface area contributed by atoms with Crippen LogP contribution in [-0.2, 0) is 11.3 Å². The molecule has 0 aliphatic rings. The Morgan fingerprint density at radius 3 is 2.56 bits per heavy atom. The van der Waals surface area contributed by atoms with Crippen molar-refractivity contribution in [2.75, 3.05) is 17.8 Å². The number of nitrogens with zero attached hydrogens (tertiary/aromatic N) is 2. The van der Waals surface area contributed by atoms with Gasteiger partial charge in [-0.25, -0.2) is 9.37 Å². The highest BCUT2D eigenvalue weighted by atomic mass is 32.2. The van der Waals surface area contributed by atoms with Crippen molar-refractivity contribution >= 4 is 44.4 Å². The fraction of sp³-hybridized carbons (Fsp3) is 0.200. The minimum Gasteiger partial charge on any atom is -0.497 e. The standard InChI is InChI=1S/C25H23FN2O2S2/c1-30-19-12-14-20(15-13-19)31-16-6-11-23(29)28(17-18-7-3-2-4-8-18)25-27-24-21(26)9-5-10-22(24)32-25/h2-5,7-10,12-15H,6,11,16-17H2,1H3. The number of benzene rings is 3. The van der Waals surface area contributed by atoms with E-state index < -0.39 is 0 Å². The second-order valence-corrected chi connectivity index (χ2v) is 9.35. The van der Waals surface area contributed by atoms with E-state index in [0.717, 1.165) is 33.1 Å². The number of para-hydroxylation sites is 1. The van der Waals surface area contributed by atoms with E-state index in [1.165, 1.54) is 17.4 Å². The van der Waals surface area contributed by atoms with Crippen molar-refractivity contribution in [1.82, 2.24) is 4.98 Å². The Kier molecular flexibility index (Phi) is 7.39. The monoisotopic (exact) mass is 466 g/mol. The van der Waals surface area contributed by atoms with Crippen LogP contribution in [0.4, 0.5) is 9.52 Å². The predicted molar refractivity (Wildman–Crippen MR) is 130 cm³/mol.